The minimum absolute atomic E-state index is 0.0824. The molecule has 1 fully saturated rings. The molecule has 0 saturated heterocycles. The molecule has 2 N–H and O–H groups in total. The lowest BCUT2D eigenvalue weighted by Crippen LogP contribution is -2.44. The fourth-order valence-electron chi connectivity index (χ4n) is 3.73. The van der Waals surface area contributed by atoms with Crippen molar-refractivity contribution in [1.29, 1.82) is 0 Å². The number of para-hydroxylation sites is 2. The summed E-state index contributed by atoms with van der Waals surface area (Å²) >= 11 is 7.11. The number of benzene rings is 2. The zero-order valence-corrected chi connectivity index (χ0v) is 18.7. The van der Waals surface area contributed by atoms with E-state index in [4.69, 9.17) is 11.6 Å². The lowest BCUT2D eigenvalue weighted by Gasteiger charge is -2.22. The second kappa shape index (κ2) is 8.99. The lowest BCUT2D eigenvalue weighted by molar-refractivity contribution is -0.526. The average molecular weight is 465 g/mol. The molecule has 0 aliphatic heterocycles. The van der Waals surface area contributed by atoms with Gasteiger partial charge in [-0.15, -0.1) is 3.97 Å². The van der Waals surface area contributed by atoms with Gasteiger partial charge in [0.2, 0.25) is 5.91 Å². The number of halogens is 1. The molecule has 0 spiro atoms. The van der Waals surface area contributed by atoms with E-state index < -0.39 is 10.0 Å². The number of aromatic nitrogens is 2. The van der Waals surface area contributed by atoms with Crippen molar-refractivity contribution < 1.29 is 17.2 Å². The second-order valence-electron chi connectivity index (χ2n) is 7.36. The van der Waals surface area contributed by atoms with Gasteiger partial charge in [0, 0.05) is 11.1 Å². The van der Waals surface area contributed by atoms with Crippen molar-refractivity contribution >= 4 is 50.3 Å². The number of imidazole rings is 1. The van der Waals surface area contributed by atoms with Crippen LogP contribution in [0.1, 0.15) is 32.1 Å². The number of rotatable bonds is 6. The number of nitrogens with zero attached hydrogens (tertiary/aromatic N) is 1. The van der Waals surface area contributed by atoms with Crippen LogP contribution in [-0.4, -0.2) is 31.1 Å². The largest absolute Gasteiger partial charge is 0.353 e. The van der Waals surface area contributed by atoms with Gasteiger partial charge in [-0.1, -0.05) is 43.0 Å². The van der Waals surface area contributed by atoms with Gasteiger partial charge in [-0.3, -0.25) is 4.79 Å². The van der Waals surface area contributed by atoms with Crippen molar-refractivity contribution in [3.63, 3.8) is 0 Å². The highest BCUT2D eigenvalue weighted by Crippen LogP contribution is 2.23. The molecule has 1 heterocycles. The summed E-state index contributed by atoms with van der Waals surface area (Å²) < 4.78 is 28.0. The SMILES string of the molecule is O=C(CSc1[nH]c2ccccc2[n+]1S(=O)(=O)c1ccc(Cl)cc1)NC1CCCCC1. The van der Waals surface area contributed by atoms with Crippen LogP contribution in [0.4, 0.5) is 0 Å². The summed E-state index contributed by atoms with van der Waals surface area (Å²) in [6.07, 6.45) is 5.51. The third-order valence-corrected chi connectivity index (χ3v) is 8.27. The molecule has 9 heteroatoms. The van der Waals surface area contributed by atoms with E-state index in [1.807, 2.05) is 12.1 Å². The molecule has 1 amide bonds. The number of amides is 1. The highest BCUT2D eigenvalue weighted by atomic mass is 35.5. The first-order valence-electron chi connectivity index (χ1n) is 9.91. The monoisotopic (exact) mass is 464 g/mol. The van der Waals surface area contributed by atoms with Crippen LogP contribution < -0.4 is 9.29 Å². The van der Waals surface area contributed by atoms with E-state index in [0.29, 0.717) is 21.2 Å². The van der Waals surface area contributed by atoms with Crippen LogP contribution in [0.2, 0.25) is 5.02 Å². The molecular weight excluding hydrogens is 442 g/mol. The topological polar surface area (TPSA) is 82.9 Å². The van der Waals surface area contributed by atoms with E-state index in [0.717, 1.165) is 25.7 Å². The fraction of sp³-hybridized carbons (Fsp3) is 0.333. The lowest BCUT2D eigenvalue weighted by atomic mass is 9.95. The van der Waals surface area contributed by atoms with Crippen molar-refractivity contribution in [3.8, 4) is 0 Å². The number of hydrogen-bond acceptors (Lipinski definition) is 4. The standard InChI is InChI=1S/C21H22ClN3O3S2/c22-15-10-12-17(13-11-15)30(27,28)25-19-9-5-4-8-18(19)24-21(25)29-14-20(26)23-16-6-2-1-3-7-16/h4-5,8-13,16H,1-3,6-7,14H2,(H,23,26)/p+1. The molecule has 0 bridgehead atoms. The summed E-state index contributed by atoms with van der Waals surface area (Å²) in [5, 5.41) is 3.93. The number of nitrogens with one attached hydrogen (secondary N) is 2. The van der Waals surface area contributed by atoms with E-state index in [1.165, 1.54) is 34.3 Å². The van der Waals surface area contributed by atoms with Crippen molar-refractivity contribution in [2.75, 3.05) is 5.75 Å². The highest BCUT2D eigenvalue weighted by molar-refractivity contribution is 8.00. The van der Waals surface area contributed by atoms with E-state index in [-0.39, 0.29) is 22.6 Å². The second-order valence-corrected chi connectivity index (χ2v) is 10.5. The third kappa shape index (κ3) is 4.50. The Hall–Kier alpha value is -2.03. The summed E-state index contributed by atoms with van der Waals surface area (Å²) in [5.41, 5.74) is 1.22. The Balaban J connectivity index is 1.62. The zero-order chi connectivity index (χ0) is 21.1. The number of fused-ring (bicyclic) bond motifs is 1. The van der Waals surface area contributed by atoms with Gasteiger partial charge in [0.15, 0.2) is 11.0 Å². The van der Waals surface area contributed by atoms with Gasteiger partial charge in [0.05, 0.1) is 5.75 Å². The van der Waals surface area contributed by atoms with Crippen molar-refractivity contribution in [2.45, 2.75) is 48.2 Å². The molecule has 1 saturated carbocycles. The first-order valence-corrected chi connectivity index (χ1v) is 12.7. The Morgan fingerprint density at radius 2 is 1.80 bits per heavy atom. The maximum atomic E-state index is 13.4. The molecule has 3 aromatic rings. The third-order valence-electron chi connectivity index (χ3n) is 5.21. The van der Waals surface area contributed by atoms with Gasteiger partial charge < -0.3 is 5.32 Å². The predicted molar refractivity (Wildman–Crippen MR) is 118 cm³/mol. The normalized spacial score (nSPS) is 15.4. The Labute approximate surface area is 185 Å². The number of H-pyrrole nitrogens is 1. The number of carbonyl (C=O) groups excluding carboxylic acids is 1. The van der Waals surface area contributed by atoms with Crippen molar-refractivity contribution in [1.82, 2.24) is 10.3 Å². The number of thioether (sulfide) groups is 1. The minimum atomic E-state index is -3.87. The molecule has 4 rings (SSSR count). The van der Waals surface area contributed by atoms with E-state index in [2.05, 4.69) is 10.3 Å². The van der Waals surface area contributed by atoms with Crippen LogP contribution in [0.3, 0.4) is 0 Å². The summed E-state index contributed by atoms with van der Waals surface area (Å²) in [6.45, 7) is 0. The van der Waals surface area contributed by atoms with Gasteiger partial charge in [-0.2, -0.15) is 8.42 Å². The maximum Gasteiger partial charge on any atom is 0.336 e. The smallest absolute Gasteiger partial charge is 0.336 e. The molecule has 0 radical (unpaired) electrons. The Kier molecular flexibility index (Phi) is 6.36. The molecule has 1 aliphatic rings. The quantitative estimate of drug-likeness (QED) is 0.428. The molecule has 0 unspecified atom stereocenters. The number of carbonyl (C=O) groups is 1. The van der Waals surface area contributed by atoms with Gasteiger partial charge in [-0.25, -0.2) is 4.98 Å². The molecule has 30 heavy (non-hydrogen) atoms. The van der Waals surface area contributed by atoms with Crippen LogP contribution in [0, 0.1) is 0 Å². The van der Waals surface area contributed by atoms with Crippen LogP contribution >= 0.6 is 23.4 Å². The predicted octanol–water partition coefficient (Wildman–Crippen LogP) is 3.89. The first kappa shape index (κ1) is 21.2. The summed E-state index contributed by atoms with van der Waals surface area (Å²) in [4.78, 5) is 15.7. The fourth-order valence-corrected chi connectivity index (χ4v) is 6.43. The minimum Gasteiger partial charge on any atom is -0.353 e. The van der Waals surface area contributed by atoms with Crippen LogP contribution in [-0.2, 0) is 14.8 Å². The maximum absolute atomic E-state index is 13.4. The van der Waals surface area contributed by atoms with Crippen molar-refractivity contribution in [3.05, 3.63) is 53.6 Å². The van der Waals surface area contributed by atoms with Gasteiger partial charge in [-0.05, 0) is 61.0 Å². The molecule has 158 valence electrons. The Morgan fingerprint density at radius 3 is 2.53 bits per heavy atom. The average Bonchev–Trinajstić information content (AvgIpc) is 3.12. The van der Waals surface area contributed by atoms with Crippen LogP contribution in [0.15, 0.2) is 58.6 Å². The molecule has 6 nitrogen and oxygen atoms in total. The van der Waals surface area contributed by atoms with Gasteiger partial charge in [0.25, 0.3) is 0 Å². The molecule has 2 aromatic carbocycles. The number of hydrogen-bond donors (Lipinski definition) is 2. The molecule has 1 aliphatic carbocycles. The molecule has 1 aromatic heterocycles. The molecule has 0 atom stereocenters. The van der Waals surface area contributed by atoms with Crippen molar-refractivity contribution in [2.24, 2.45) is 0 Å². The highest BCUT2D eigenvalue weighted by Gasteiger charge is 2.32. The van der Waals surface area contributed by atoms with E-state index >= 15 is 0 Å². The first-order chi connectivity index (χ1) is 14.4. The zero-order valence-electron chi connectivity index (χ0n) is 16.3. The summed E-state index contributed by atoms with van der Waals surface area (Å²) in [7, 11) is -3.87. The molecular formula is C21H23ClN3O3S2+. The summed E-state index contributed by atoms with van der Waals surface area (Å²) in [5.74, 6) is 0.0559. The van der Waals surface area contributed by atoms with Gasteiger partial charge in [0.1, 0.15) is 4.90 Å². The van der Waals surface area contributed by atoms with E-state index in [1.54, 1.807) is 24.3 Å². The Morgan fingerprint density at radius 1 is 1.10 bits per heavy atom. The van der Waals surface area contributed by atoms with E-state index in [9.17, 15) is 13.2 Å². The number of aromatic amines is 1. The van der Waals surface area contributed by atoms with Crippen LogP contribution in [0.5, 0.6) is 0 Å². The Bertz CT molecular complexity index is 1150. The van der Waals surface area contributed by atoms with Crippen LogP contribution in [0.25, 0.3) is 11.0 Å². The summed E-state index contributed by atoms with van der Waals surface area (Å²) in [6, 6.07) is 13.5. The van der Waals surface area contributed by atoms with Gasteiger partial charge >= 0.3 is 15.2 Å².